The van der Waals surface area contributed by atoms with Crippen molar-refractivity contribution < 1.29 is 64.3 Å². The molecule has 0 radical (unpaired) electrons. The Labute approximate surface area is 122 Å². The van der Waals surface area contributed by atoms with Crippen molar-refractivity contribution in [3.8, 4) is 0 Å². The van der Waals surface area contributed by atoms with E-state index in [1.165, 1.54) is 0 Å². The van der Waals surface area contributed by atoms with Gasteiger partial charge in [-0.05, 0) is 0 Å². The van der Waals surface area contributed by atoms with Crippen LogP contribution in [-0.2, 0) is 0 Å². The number of halogens is 3. The minimum absolute atomic E-state index is 0. The van der Waals surface area contributed by atoms with Gasteiger partial charge in [-0.3, -0.25) is 0 Å². The van der Waals surface area contributed by atoms with E-state index >= 15 is 0 Å². The van der Waals surface area contributed by atoms with Crippen molar-refractivity contribution in [1.29, 1.82) is 0 Å². The van der Waals surface area contributed by atoms with Crippen molar-refractivity contribution >= 4 is 6.98 Å². The van der Waals surface area contributed by atoms with Gasteiger partial charge in [0.2, 0.25) is 0 Å². The normalized spacial score (nSPS) is 13.6. The average Bonchev–Trinajstić information content (AvgIpc) is 1.95. The van der Waals surface area contributed by atoms with Gasteiger partial charge in [0.15, 0.2) is 0 Å². The maximum atomic E-state index is 12.0. The second-order valence-electron chi connectivity index (χ2n) is 3.36. The van der Waals surface area contributed by atoms with Crippen molar-refractivity contribution in [2.45, 2.75) is 45.9 Å². The van der Waals surface area contributed by atoms with Crippen LogP contribution in [0.25, 0.3) is 0 Å². The van der Waals surface area contributed by atoms with Crippen molar-refractivity contribution in [2.75, 3.05) is 0 Å². The molecule has 0 fully saturated rings. The van der Waals surface area contributed by atoms with Crippen LogP contribution in [0.5, 0.6) is 0 Å². The van der Waals surface area contributed by atoms with Gasteiger partial charge in [0, 0.05) is 0 Å². The monoisotopic (exact) mass is 220 g/mol. The van der Waals surface area contributed by atoms with E-state index < -0.39 is 13.3 Å². The standard InChI is InChI=1S/C8H17BF3.K/c1-3-5-6-8(4-2)7-9(10,11)12;/h8H,3-7H2,1-2H3;/q-1;+1. The first-order valence-corrected chi connectivity index (χ1v) is 4.70. The molecule has 0 amide bonds. The molecule has 13 heavy (non-hydrogen) atoms. The first-order chi connectivity index (χ1) is 5.49. The fourth-order valence-corrected chi connectivity index (χ4v) is 1.36. The SMILES string of the molecule is CCCCC(CC)C[B-](F)(F)F.[K+]. The van der Waals surface area contributed by atoms with Gasteiger partial charge in [-0.1, -0.05) is 51.8 Å². The molecule has 0 aromatic heterocycles. The molecule has 0 aromatic rings. The maximum Gasteiger partial charge on any atom is 1.00 e. The van der Waals surface area contributed by atoms with Gasteiger partial charge >= 0.3 is 58.4 Å². The van der Waals surface area contributed by atoms with E-state index in [0.717, 1.165) is 19.3 Å². The molecule has 0 saturated heterocycles. The Bertz CT molecular complexity index is 116. The van der Waals surface area contributed by atoms with Crippen LogP contribution in [0.1, 0.15) is 39.5 Å². The Balaban J connectivity index is 0. The summed E-state index contributed by atoms with van der Waals surface area (Å²) in [6.45, 7) is -0.728. The Kier molecular flexibility index (Phi) is 11.4. The van der Waals surface area contributed by atoms with E-state index in [9.17, 15) is 12.9 Å². The largest absolute Gasteiger partial charge is 1.00 e. The van der Waals surface area contributed by atoms with Crippen LogP contribution in [0.3, 0.4) is 0 Å². The Morgan fingerprint density at radius 1 is 1.15 bits per heavy atom. The topological polar surface area (TPSA) is 0 Å². The summed E-state index contributed by atoms with van der Waals surface area (Å²) < 4.78 is 35.9. The predicted molar refractivity (Wildman–Crippen MR) is 47.2 cm³/mol. The number of rotatable bonds is 6. The first-order valence-electron chi connectivity index (χ1n) is 4.70. The minimum Gasteiger partial charge on any atom is -0.449 e. The van der Waals surface area contributed by atoms with Gasteiger partial charge in [0.1, 0.15) is 0 Å². The zero-order valence-electron chi connectivity index (χ0n) is 8.82. The summed E-state index contributed by atoms with van der Waals surface area (Å²) in [5, 5.41) is 0. The molecule has 0 heterocycles. The van der Waals surface area contributed by atoms with Crippen LogP contribution in [0.4, 0.5) is 12.9 Å². The van der Waals surface area contributed by atoms with Gasteiger partial charge in [0.25, 0.3) is 0 Å². The summed E-state index contributed by atoms with van der Waals surface area (Å²) in [5.41, 5.74) is 0. The molecule has 1 unspecified atom stereocenters. The summed E-state index contributed by atoms with van der Waals surface area (Å²) >= 11 is 0. The summed E-state index contributed by atoms with van der Waals surface area (Å²) in [4.78, 5) is 0. The molecule has 74 valence electrons. The quantitative estimate of drug-likeness (QED) is 0.587. The van der Waals surface area contributed by atoms with Crippen LogP contribution < -0.4 is 51.4 Å². The fourth-order valence-electron chi connectivity index (χ4n) is 1.36. The van der Waals surface area contributed by atoms with Crippen LogP contribution in [0.2, 0.25) is 6.32 Å². The van der Waals surface area contributed by atoms with Crippen molar-refractivity contribution in [3.05, 3.63) is 0 Å². The second kappa shape index (κ2) is 8.77. The predicted octanol–water partition coefficient (Wildman–Crippen LogP) is 1.05. The molecular weight excluding hydrogens is 203 g/mol. The molecule has 0 N–H and O–H groups in total. The Morgan fingerprint density at radius 2 is 1.69 bits per heavy atom. The number of hydrogen-bond donors (Lipinski definition) is 0. The molecule has 5 heteroatoms. The van der Waals surface area contributed by atoms with E-state index in [1.54, 1.807) is 0 Å². The Hall–Kier alpha value is 1.49. The zero-order chi connectivity index (χ0) is 9.61. The van der Waals surface area contributed by atoms with E-state index in [-0.39, 0.29) is 57.3 Å². The molecule has 0 aromatic carbocycles. The summed E-state index contributed by atoms with van der Waals surface area (Å²) in [6, 6.07) is 0. The molecule has 0 aliphatic heterocycles. The van der Waals surface area contributed by atoms with E-state index in [0.29, 0.717) is 6.42 Å². The maximum absolute atomic E-state index is 12.0. The minimum atomic E-state index is -4.57. The van der Waals surface area contributed by atoms with E-state index in [1.807, 2.05) is 13.8 Å². The summed E-state index contributed by atoms with van der Waals surface area (Å²) in [6.07, 6.45) is 2.75. The Morgan fingerprint density at radius 3 is 2.00 bits per heavy atom. The zero-order valence-corrected chi connectivity index (χ0v) is 11.9. The third kappa shape index (κ3) is 11.4. The molecule has 0 saturated carbocycles. The fraction of sp³-hybridized carbons (Fsp3) is 1.00. The van der Waals surface area contributed by atoms with Crippen LogP contribution in [0.15, 0.2) is 0 Å². The van der Waals surface area contributed by atoms with Gasteiger partial charge in [-0.2, -0.15) is 0 Å². The molecule has 0 bridgehead atoms. The average molecular weight is 220 g/mol. The van der Waals surface area contributed by atoms with Gasteiger partial charge < -0.3 is 12.9 Å². The molecular formula is C8H17BF3K. The molecule has 0 aliphatic rings. The van der Waals surface area contributed by atoms with Gasteiger partial charge in [0.05, 0.1) is 0 Å². The van der Waals surface area contributed by atoms with Crippen LogP contribution in [-0.4, -0.2) is 6.98 Å². The summed E-state index contributed by atoms with van der Waals surface area (Å²) in [5.74, 6) is -0.134. The van der Waals surface area contributed by atoms with Crippen LogP contribution >= 0.6 is 0 Å². The smallest absolute Gasteiger partial charge is 0.449 e. The van der Waals surface area contributed by atoms with E-state index in [4.69, 9.17) is 0 Å². The first kappa shape index (κ1) is 16.9. The number of unbranched alkanes of at least 4 members (excludes halogenated alkanes) is 1. The molecule has 0 nitrogen and oxygen atoms in total. The third-order valence-electron chi connectivity index (χ3n) is 2.14. The molecule has 0 spiro atoms. The van der Waals surface area contributed by atoms with Crippen molar-refractivity contribution in [2.24, 2.45) is 5.92 Å². The van der Waals surface area contributed by atoms with Gasteiger partial charge in [-0.25, -0.2) is 0 Å². The second-order valence-corrected chi connectivity index (χ2v) is 3.36. The van der Waals surface area contributed by atoms with E-state index in [2.05, 4.69) is 0 Å². The van der Waals surface area contributed by atoms with Crippen molar-refractivity contribution in [3.63, 3.8) is 0 Å². The molecule has 1 atom stereocenters. The molecule has 0 rings (SSSR count). The molecule has 0 aliphatic carbocycles. The third-order valence-corrected chi connectivity index (χ3v) is 2.14. The van der Waals surface area contributed by atoms with Gasteiger partial charge in [-0.15, -0.1) is 0 Å². The summed E-state index contributed by atoms with van der Waals surface area (Å²) in [7, 11) is 0. The number of hydrogen-bond acceptors (Lipinski definition) is 0. The van der Waals surface area contributed by atoms with Crippen LogP contribution in [0, 0.1) is 5.92 Å². The van der Waals surface area contributed by atoms with Crippen molar-refractivity contribution in [1.82, 2.24) is 0 Å².